The fourth-order valence-electron chi connectivity index (χ4n) is 9.27. The van der Waals surface area contributed by atoms with Gasteiger partial charge in [0.05, 0.1) is 22.4 Å². The first-order valence-electron chi connectivity index (χ1n) is 20.8. The molecule has 3 nitrogen and oxygen atoms in total. The summed E-state index contributed by atoms with van der Waals surface area (Å²) in [7, 11) is 0. The molecule has 286 valence electrons. The Morgan fingerprint density at radius 1 is 0.328 bits per heavy atom. The standard InChI is InChI=1S/C58H38N2O/c1-3-14-39(15-4-1)41-26-31-45(32-27-41)59(46-33-28-42(29-34-46)40-16-5-2-6-17-40)55-38-56-52(37-51(55)44-30-35-50-49-22-10-12-25-57(49)61-58(50)36-44)48-21-9-11-23-54(48)60(56)53-24-13-19-43-18-7-8-20-47(43)53/h1-38H. The molecule has 2 heterocycles. The Morgan fingerprint density at radius 2 is 0.869 bits per heavy atom. The number of para-hydroxylation sites is 2. The van der Waals surface area contributed by atoms with Crippen LogP contribution in [0.5, 0.6) is 0 Å². The van der Waals surface area contributed by atoms with Crippen LogP contribution in [-0.2, 0) is 0 Å². The molecule has 0 radical (unpaired) electrons. The van der Waals surface area contributed by atoms with Crippen molar-refractivity contribution in [2.24, 2.45) is 0 Å². The molecule has 61 heavy (non-hydrogen) atoms. The molecule has 0 fully saturated rings. The van der Waals surface area contributed by atoms with Crippen molar-refractivity contribution >= 4 is 71.6 Å². The van der Waals surface area contributed by atoms with Gasteiger partial charge < -0.3 is 13.9 Å². The van der Waals surface area contributed by atoms with E-state index in [9.17, 15) is 0 Å². The molecule has 0 bridgehead atoms. The first-order valence-corrected chi connectivity index (χ1v) is 20.8. The SMILES string of the molecule is c1ccc(-c2ccc(N(c3ccc(-c4ccccc4)cc3)c3cc4c(cc3-c3ccc5c(c3)oc3ccccc35)c3ccccc3n4-c3cccc4ccccc34)cc2)cc1. The maximum Gasteiger partial charge on any atom is 0.136 e. The summed E-state index contributed by atoms with van der Waals surface area (Å²) in [6.07, 6.45) is 0. The van der Waals surface area contributed by atoms with Crippen molar-refractivity contribution in [3.8, 4) is 39.1 Å². The van der Waals surface area contributed by atoms with E-state index in [0.29, 0.717) is 0 Å². The molecule has 0 N–H and O–H groups in total. The van der Waals surface area contributed by atoms with Crippen molar-refractivity contribution in [2.75, 3.05) is 4.90 Å². The van der Waals surface area contributed by atoms with Gasteiger partial charge in [-0.15, -0.1) is 0 Å². The molecule has 0 spiro atoms. The number of rotatable bonds is 7. The van der Waals surface area contributed by atoms with Gasteiger partial charge in [-0.2, -0.15) is 0 Å². The molecule has 0 aliphatic rings. The molecule has 3 heteroatoms. The topological polar surface area (TPSA) is 21.3 Å². The molecule has 0 unspecified atom stereocenters. The van der Waals surface area contributed by atoms with E-state index in [4.69, 9.17) is 4.42 Å². The highest BCUT2D eigenvalue weighted by atomic mass is 16.3. The second-order valence-corrected chi connectivity index (χ2v) is 15.7. The summed E-state index contributed by atoms with van der Waals surface area (Å²) in [5.41, 5.74) is 15.3. The normalized spacial score (nSPS) is 11.6. The summed E-state index contributed by atoms with van der Waals surface area (Å²) >= 11 is 0. The minimum atomic E-state index is 0.869. The molecular weight excluding hydrogens is 741 g/mol. The van der Waals surface area contributed by atoms with Crippen LogP contribution in [0.2, 0.25) is 0 Å². The zero-order chi connectivity index (χ0) is 40.3. The lowest BCUT2D eigenvalue weighted by Gasteiger charge is -2.29. The Morgan fingerprint density at radius 3 is 1.57 bits per heavy atom. The van der Waals surface area contributed by atoms with Crippen LogP contribution in [0.15, 0.2) is 235 Å². The molecule has 0 atom stereocenters. The van der Waals surface area contributed by atoms with Crippen LogP contribution in [0.4, 0.5) is 17.1 Å². The fraction of sp³-hybridized carbons (Fsp3) is 0. The number of nitrogens with zero attached hydrogens (tertiary/aromatic N) is 2. The lowest BCUT2D eigenvalue weighted by molar-refractivity contribution is 0.669. The van der Waals surface area contributed by atoms with Gasteiger partial charge in [0, 0.05) is 43.9 Å². The molecule has 0 aliphatic carbocycles. The third-order valence-electron chi connectivity index (χ3n) is 12.2. The van der Waals surface area contributed by atoms with Crippen LogP contribution >= 0.6 is 0 Å². The minimum absolute atomic E-state index is 0.869. The molecule has 0 amide bonds. The highest BCUT2D eigenvalue weighted by Gasteiger charge is 2.23. The maximum absolute atomic E-state index is 6.54. The largest absolute Gasteiger partial charge is 0.456 e. The summed E-state index contributed by atoms with van der Waals surface area (Å²) in [5.74, 6) is 0. The van der Waals surface area contributed by atoms with E-state index < -0.39 is 0 Å². The van der Waals surface area contributed by atoms with Crippen LogP contribution in [0.25, 0.3) is 93.6 Å². The molecular formula is C58H38N2O. The third-order valence-corrected chi connectivity index (χ3v) is 12.2. The van der Waals surface area contributed by atoms with E-state index in [1.54, 1.807) is 0 Å². The Balaban J connectivity index is 1.16. The number of benzene rings is 10. The van der Waals surface area contributed by atoms with Crippen LogP contribution < -0.4 is 4.90 Å². The second kappa shape index (κ2) is 14.3. The summed E-state index contributed by atoms with van der Waals surface area (Å²) in [6, 6.07) is 83.1. The van der Waals surface area contributed by atoms with E-state index >= 15 is 0 Å². The predicted molar refractivity (Wildman–Crippen MR) is 257 cm³/mol. The lowest BCUT2D eigenvalue weighted by atomic mass is 9.97. The van der Waals surface area contributed by atoms with Gasteiger partial charge in [-0.1, -0.05) is 164 Å². The molecule has 0 saturated heterocycles. The summed E-state index contributed by atoms with van der Waals surface area (Å²) in [5, 5.41) is 7.04. The second-order valence-electron chi connectivity index (χ2n) is 15.7. The predicted octanol–water partition coefficient (Wildman–Crippen LogP) is 16.3. The highest BCUT2D eigenvalue weighted by molar-refractivity contribution is 6.14. The highest BCUT2D eigenvalue weighted by Crippen LogP contribution is 2.47. The molecule has 2 aromatic heterocycles. The van der Waals surface area contributed by atoms with Gasteiger partial charge in [0.2, 0.25) is 0 Å². The van der Waals surface area contributed by atoms with Gasteiger partial charge in [0.15, 0.2) is 0 Å². The molecule has 12 rings (SSSR count). The first kappa shape index (κ1) is 34.9. The van der Waals surface area contributed by atoms with Crippen molar-refractivity contribution < 1.29 is 4.42 Å². The number of hydrogen-bond acceptors (Lipinski definition) is 2. The minimum Gasteiger partial charge on any atom is -0.456 e. The van der Waals surface area contributed by atoms with E-state index in [-0.39, 0.29) is 0 Å². The van der Waals surface area contributed by atoms with Gasteiger partial charge in [-0.3, -0.25) is 0 Å². The number of furan rings is 1. The van der Waals surface area contributed by atoms with Crippen molar-refractivity contribution in [2.45, 2.75) is 0 Å². The Labute approximate surface area is 353 Å². The van der Waals surface area contributed by atoms with Crippen molar-refractivity contribution in [3.05, 3.63) is 231 Å². The van der Waals surface area contributed by atoms with E-state index in [2.05, 4.69) is 234 Å². The van der Waals surface area contributed by atoms with Gasteiger partial charge in [0.1, 0.15) is 11.2 Å². The summed E-state index contributed by atoms with van der Waals surface area (Å²) < 4.78 is 8.99. The van der Waals surface area contributed by atoms with E-state index in [1.165, 1.54) is 43.8 Å². The average Bonchev–Trinajstić information content (AvgIpc) is 3.87. The summed E-state index contributed by atoms with van der Waals surface area (Å²) in [6.45, 7) is 0. The van der Waals surface area contributed by atoms with Gasteiger partial charge >= 0.3 is 0 Å². The number of anilines is 3. The number of aromatic nitrogens is 1. The molecule has 0 aliphatic heterocycles. The van der Waals surface area contributed by atoms with Crippen molar-refractivity contribution in [1.82, 2.24) is 4.57 Å². The Hall–Kier alpha value is -8.14. The van der Waals surface area contributed by atoms with Crippen molar-refractivity contribution in [3.63, 3.8) is 0 Å². The Bertz CT molecular complexity index is 3480. The monoisotopic (exact) mass is 778 g/mol. The van der Waals surface area contributed by atoms with E-state index in [0.717, 1.165) is 66.8 Å². The van der Waals surface area contributed by atoms with Crippen LogP contribution in [0.3, 0.4) is 0 Å². The molecule has 12 aromatic rings. The van der Waals surface area contributed by atoms with Gasteiger partial charge in [-0.25, -0.2) is 0 Å². The molecule has 0 saturated carbocycles. The van der Waals surface area contributed by atoms with Crippen LogP contribution in [0, 0.1) is 0 Å². The third kappa shape index (κ3) is 5.90. The fourth-order valence-corrected chi connectivity index (χ4v) is 9.27. The Kier molecular flexibility index (Phi) is 8.17. The van der Waals surface area contributed by atoms with Crippen LogP contribution in [-0.4, -0.2) is 4.57 Å². The maximum atomic E-state index is 6.54. The first-order chi connectivity index (χ1) is 30.2. The smallest absolute Gasteiger partial charge is 0.136 e. The summed E-state index contributed by atoms with van der Waals surface area (Å²) in [4.78, 5) is 2.42. The number of fused-ring (bicyclic) bond motifs is 7. The average molecular weight is 779 g/mol. The van der Waals surface area contributed by atoms with E-state index in [1.807, 2.05) is 6.07 Å². The van der Waals surface area contributed by atoms with Crippen molar-refractivity contribution in [1.29, 1.82) is 0 Å². The lowest BCUT2D eigenvalue weighted by Crippen LogP contribution is -2.11. The van der Waals surface area contributed by atoms with Crippen LogP contribution in [0.1, 0.15) is 0 Å². The quantitative estimate of drug-likeness (QED) is 0.161. The van der Waals surface area contributed by atoms with Gasteiger partial charge in [0.25, 0.3) is 0 Å². The van der Waals surface area contributed by atoms with Gasteiger partial charge in [-0.05, 0) is 99.9 Å². The zero-order valence-electron chi connectivity index (χ0n) is 33.2. The zero-order valence-corrected chi connectivity index (χ0v) is 33.2. The number of hydrogen-bond donors (Lipinski definition) is 0. The molecule has 10 aromatic carbocycles.